The monoisotopic (exact) mass is 329 g/mol. The first-order valence-corrected chi connectivity index (χ1v) is 7.57. The first-order valence-electron chi connectivity index (χ1n) is 6.69. The van der Waals surface area contributed by atoms with E-state index in [0.717, 1.165) is 0 Å². The van der Waals surface area contributed by atoms with Gasteiger partial charge in [-0.05, 0) is 30.3 Å². The molecule has 3 rings (SSSR count). The van der Waals surface area contributed by atoms with Gasteiger partial charge < -0.3 is 4.74 Å². The Morgan fingerprint density at radius 3 is 2.87 bits per heavy atom. The molecule has 0 aliphatic carbocycles. The number of hydrogen-bond donors (Lipinski definition) is 1. The third-order valence-electron chi connectivity index (χ3n) is 3.07. The second-order valence-corrected chi connectivity index (χ2v) is 5.41. The molecular weight excluding hydrogens is 317 g/mol. The van der Waals surface area contributed by atoms with Crippen molar-refractivity contribution in [2.24, 2.45) is 0 Å². The maximum Gasteiger partial charge on any atom is 0.276 e. The molecule has 0 atom stereocenters. The molecule has 1 N–H and O–H groups in total. The molecule has 0 unspecified atom stereocenters. The maximum absolute atomic E-state index is 13.7. The number of aromatic nitrogens is 2. The van der Waals surface area contributed by atoms with E-state index in [1.807, 2.05) is 0 Å². The van der Waals surface area contributed by atoms with Gasteiger partial charge >= 0.3 is 0 Å². The van der Waals surface area contributed by atoms with Crippen molar-refractivity contribution in [1.29, 1.82) is 0 Å². The smallest absolute Gasteiger partial charge is 0.276 e. The molecule has 3 aromatic rings. The van der Waals surface area contributed by atoms with Gasteiger partial charge in [0.1, 0.15) is 5.69 Å². The van der Waals surface area contributed by atoms with Crippen LogP contribution in [-0.4, -0.2) is 23.0 Å². The molecule has 1 aromatic carbocycles. The average Bonchev–Trinajstić information content (AvgIpc) is 3.04. The number of nitrogens with zero attached hydrogens (tertiary/aromatic N) is 2. The SMILES string of the molecule is COc1ccc(-c2csc(NC(=O)c3ccccn3)n2)cc1F. The lowest BCUT2D eigenvalue weighted by atomic mass is 10.1. The lowest BCUT2D eigenvalue weighted by Gasteiger charge is -2.03. The lowest BCUT2D eigenvalue weighted by molar-refractivity contribution is 0.102. The summed E-state index contributed by atoms with van der Waals surface area (Å²) in [5.74, 6) is -0.628. The number of thiazole rings is 1. The number of ether oxygens (including phenoxy) is 1. The molecule has 0 bridgehead atoms. The molecule has 0 saturated carbocycles. The fourth-order valence-corrected chi connectivity index (χ4v) is 2.66. The minimum atomic E-state index is -0.461. The number of nitrogens with one attached hydrogen (secondary N) is 1. The number of carbonyl (C=O) groups excluding carboxylic acids is 1. The molecule has 2 heterocycles. The topological polar surface area (TPSA) is 64.1 Å². The zero-order valence-corrected chi connectivity index (χ0v) is 12.9. The van der Waals surface area contributed by atoms with E-state index in [-0.39, 0.29) is 11.7 Å². The summed E-state index contributed by atoms with van der Waals surface area (Å²) in [6.07, 6.45) is 1.54. The first kappa shape index (κ1) is 15.1. The minimum absolute atomic E-state index is 0.174. The predicted octanol–water partition coefficient (Wildman–Crippen LogP) is 3.61. The number of methoxy groups -OCH3 is 1. The molecule has 116 valence electrons. The third-order valence-corrected chi connectivity index (χ3v) is 3.83. The van der Waals surface area contributed by atoms with Gasteiger partial charge in [-0.2, -0.15) is 0 Å². The van der Waals surface area contributed by atoms with Crippen LogP contribution >= 0.6 is 11.3 Å². The van der Waals surface area contributed by atoms with Crippen LogP contribution in [0.15, 0.2) is 48.0 Å². The van der Waals surface area contributed by atoms with Crippen LogP contribution in [0.1, 0.15) is 10.5 Å². The largest absolute Gasteiger partial charge is 0.494 e. The molecule has 2 aromatic heterocycles. The van der Waals surface area contributed by atoms with Crippen LogP contribution < -0.4 is 10.1 Å². The number of pyridine rings is 1. The summed E-state index contributed by atoms with van der Waals surface area (Å²) in [5.41, 5.74) is 1.49. The lowest BCUT2D eigenvalue weighted by Crippen LogP contribution is -2.13. The van der Waals surface area contributed by atoms with Crippen LogP contribution in [0.5, 0.6) is 5.75 Å². The Bertz CT molecular complexity index is 836. The normalized spacial score (nSPS) is 10.3. The van der Waals surface area contributed by atoms with Crippen molar-refractivity contribution in [3.05, 3.63) is 59.5 Å². The van der Waals surface area contributed by atoms with Crippen molar-refractivity contribution in [2.75, 3.05) is 12.4 Å². The zero-order chi connectivity index (χ0) is 16.2. The maximum atomic E-state index is 13.7. The molecule has 0 saturated heterocycles. The Kier molecular flexibility index (Phi) is 4.29. The van der Waals surface area contributed by atoms with Gasteiger partial charge in [-0.1, -0.05) is 6.07 Å². The molecular formula is C16H12FN3O2S. The quantitative estimate of drug-likeness (QED) is 0.794. The van der Waals surface area contributed by atoms with E-state index in [4.69, 9.17) is 4.74 Å². The van der Waals surface area contributed by atoms with Crippen molar-refractivity contribution in [2.45, 2.75) is 0 Å². The highest BCUT2D eigenvalue weighted by Crippen LogP contribution is 2.28. The standard InChI is InChI=1S/C16H12FN3O2S/c1-22-14-6-5-10(8-11(14)17)13-9-23-16(19-13)20-15(21)12-4-2-3-7-18-12/h2-9H,1H3,(H,19,20,21). The summed E-state index contributed by atoms with van der Waals surface area (Å²) < 4.78 is 18.6. The molecule has 0 aliphatic rings. The van der Waals surface area contributed by atoms with Crippen LogP contribution in [0.25, 0.3) is 11.3 Å². The number of carbonyl (C=O) groups is 1. The van der Waals surface area contributed by atoms with E-state index in [2.05, 4.69) is 15.3 Å². The molecule has 0 fully saturated rings. The molecule has 0 radical (unpaired) electrons. The number of rotatable bonds is 4. The van der Waals surface area contributed by atoms with Gasteiger partial charge in [0.25, 0.3) is 5.91 Å². The van der Waals surface area contributed by atoms with E-state index in [0.29, 0.717) is 22.1 Å². The number of hydrogen-bond acceptors (Lipinski definition) is 5. The van der Waals surface area contributed by atoms with Gasteiger partial charge in [0.15, 0.2) is 16.7 Å². The molecule has 7 heteroatoms. The van der Waals surface area contributed by atoms with E-state index in [9.17, 15) is 9.18 Å². The van der Waals surface area contributed by atoms with E-state index < -0.39 is 5.82 Å². The second kappa shape index (κ2) is 6.53. The Balaban J connectivity index is 1.78. The summed E-state index contributed by atoms with van der Waals surface area (Å²) in [4.78, 5) is 20.3. The van der Waals surface area contributed by atoms with Crippen molar-refractivity contribution < 1.29 is 13.9 Å². The molecule has 5 nitrogen and oxygen atoms in total. The highest BCUT2D eigenvalue weighted by atomic mass is 32.1. The van der Waals surface area contributed by atoms with Gasteiger partial charge in [-0.3, -0.25) is 15.1 Å². The molecule has 23 heavy (non-hydrogen) atoms. The Hall–Kier alpha value is -2.80. The van der Waals surface area contributed by atoms with Crippen molar-refractivity contribution in [1.82, 2.24) is 9.97 Å². The number of amides is 1. The van der Waals surface area contributed by atoms with Crippen LogP contribution in [0.2, 0.25) is 0 Å². The Labute approximate surface area is 135 Å². The van der Waals surface area contributed by atoms with Crippen LogP contribution in [-0.2, 0) is 0 Å². The second-order valence-electron chi connectivity index (χ2n) is 4.56. The van der Waals surface area contributed by atoms with Crippen molar-refractivity contribution in [3.63, 3.8) is 0 Å². The van der Waals surface area contributed by atoms with Crippen molar-refractivity contribution >= 4 is 22.4 Å². The summed E-state index contributed by atoms with van der Waals surface area (Å²) in [6.45, 7) is 0. The third kappa shape index (κ3) is 3.35. The fourth-order valence-electron chi connectivity index (χ4n) is 1.95. The van der Waals surface area contributed by atoms with E-state index in [1.165, 1.54) is 30.6 Å². The van der Waals surface area contributed by atoms with Gasteiger partial charge in [-0.15, -0.1) is 11.3 Å². The first-order chi connectivity index (χ1) is 11.2. The highest BCUT2D eigenvalue weighted by Gasteiger charge is 2.12. The number of benzene rings is 1. The summed E-state index contributed by atoms with van der Waals surface area (Å²) in [6, 6.07) is 9.67. The summed E-state index contributed by atoms with van der Waals surface area (Å²) in [7, 11) is 1.41. The molecule has 1 amide bonds. The molecule has 0 aliphatic heterocycles. The Morgan fingerprint density at radius 1 is 1.30 bits per heavy atom. The van der Waals surface area contributed by atoms with Crippen LogP contribution in [0.4, 0.5) is 9.52 Å². The predicted molar refractivity (Wildman–Crippen MR) is 86.3 cm³/mol. The number of halogens is 1. The highest BCUT2D eigenvalue weighted by molar-refractivity contribution is 7.14. The van der Waals surface area contributed by atoms with Gasteiger partial charge in [0.2, 0.25) is 0 Å². The summed E-state index contributed by atoms with van der Waals surface area (Å²) >= 11 is 1.26. The molecule has 0 spiro atoms. The van der Waals surface area contributed by atoms with Crippen LogP contribution in [0, 0.1) is 5.82 Å². The van der Waals surface area contributed by atoms with E-state index in [1.54, 1.807) is 35.8 Å². The van der Waals surface area contributed by atoms with Gasteiger partial charge in [-0.25, -0.2) is 9.37 Å². The Morgan fingerprint density at radius 2 is 2.17 bits per heavy atom. The summed E-state index contributed by atoms with van der Waals surface area (Å²) in [5, 5.41) is 4.84. The van der Waals surface area contributed by atoms with Gasteiger partial charge in [0, 0.05) is 17.1 Å². The fraction of sp³-hybridized carbons (Fsp3) is 0.0625. The van der Waals surface area contributed by atoms with E-state index >= 15 is 0 Å². The van der Waals surface area contributed by atoms with Crippen LogP contribution in [0.3, 0.4) is 0 Å². The number of anilines is 1. The minimum Gasteiger partial charge on any atom is -0.494 e. The van der Waals surface area contributed by atoms with Gasteiger partial charge in [0.05, 0.1) is 12.8 Å². The average molecular weight is 329 g/mol. The zero-order valence-electron chi connectivity index (χ0n) is 12.1. The van der Waals surface area contributed by atoms with Crippen molar-refractivity contribution in [3.8, 4) is 17.0 Å².